The van der Waals surface area contributed by atoms with Crippen LogP contribution in [0.2, 0.25) is 0 Å². The Morgan fingerprint density at radius 1 is 1.29 bits per heavy atom. The summed E-state index contributed by atoms with van der Waals surface area (Å²) in [5, 5.41) is 3.47. The SMILES string of the molecule is c1ccc(-c2nc(CC3CCCN3)co2)cc1. The van der Waals surface area contributed by atoms with Crippen molar-refractivity contribution in [1.82, 2.24) is 10.3 Å². The van der Waals surface area contributed by atoms with Gasteiger partial charge in [-0.3, -0.25) is 0 Å². The molecule has 1 aliphatic rings. The number of hydrogen-bond donors (Lipinski definition) is 1. The minimum absolute atomic E-state index is 0.573. The third-order valence-electron chi connectivity index (χ3n) is 3.19. The Kier molecular flexibility index (Phi) is 2.92. The number of oxazole rings is 1. The van der Waals surface area contributed by atoms with Gasteiger partial charge in [0.05, 0.1) is 5.69 Å². The predicted octanol–water partition coefficient (Wildman–Crippen LogP) is 2.64. The molecule has 1 aliphatic heterocycles. The number of rotatable bonds is 3. The summed E-state index contributed by atoms with van der Waals surface area (Å²) >= 11 is 0. The first-order valence-corrected chi connectivity index (χ1v) is 6.15. The number of nitrogens with zero attached hydrogens (tertiary/aromatic N) is 1. The Morgan fingerprint density at radius 3 is 2.94 bits per heavy atom. The Labute approximate surface area is 101 Å². The molecule has 1 fully saturated rings. The van der Waals surface area contributed by atoms with Gasteiger partial charge in [0, 0.05) is 18.0 Å². The summed E-state index contributed by atoms with van der Waals surface area (Å²) in [6, 6.07) is 10.6. The van der Waals surface area contributed by atoms with Crippen LogP contribution in [0.15, 0.2) is 41.0 Å². The Bertz CT molecular complexity index is 472. The maximum atomic E-state index is 5.52. The van der Waals surface area contributed by atoms with Gasteiger partial charge in [0.2, 0.25) is 5.89 Å². The fourth-order valence-corrected chi connectivity index (χ4v) is 2.30. The summed E-state index contributed by atoms with van der Waals surface area (Å²) < 4.78 is 5.52. The molecule has 0 amide bonds. The molecule has 0 spiro atoms. The van der Waals surface area contributed by atoms with Crippen LogP contribution in [0, 0.1) is 0 Å². The monoisotopic (exact) mass is 228 g/mol. The Balaban J connectivity index is 1.74. The van der Waals surface area contributed by atoms with Gasteiger partial charge < -0.3 is 9.73 Å². The second kappa shape index (κ2) is 4.72. The topological polar surface area (TPSA) is 38.1 Å². The van der Waals surface area contributed by atoms with Gasteiger partial charge in [-0.15, -0.1) is 0 Å². The summed E-state index contributed by atoms with van der Waals surface area (Å²) in [7, 11) is 0. The molecule has 3 heteroatoms. The second-order valence-electron chi connectivity index (χ2n) is 4.51. The molecule has 1 aromatic heterocycles. The van der Waals surface area contributed by atoms with Crippen molar-refractivity contribution in [2.45, 2.75) is 25.3 Å². The van der Waals surface area contributed by atoms with Crippen LogP contribution in [0.4, 0.5) is 0 Å². The van der Waals surface area contributed by atoms with E-state index in [4.69, 9.17) is 4.42 Å². The number of benzene rings is 1. The van der Waals surface area contributed by atoms with E-state index in [0.717, 1.165) is 30.1 Å². The molecule has 0 saturated carbocycles. The molecular weight excluding hydrogens is 212 g/mol. The van der Waals surface area contributed by atoms with E-state index < -0.39 is 0 Å². The average Bonchev–Trinajstić information content (AvgIpc) is 3.02. The van der Waals surface area contributed by atoms with Crippen LogP contribution in [-0.2, 0) is 6.42 Å². The largest absolute Gasteiger partial charge is 0.444 e. The molecule has 17 heavy (non-hydrogen) atoms. The molecule has 1 atom stereocenters. The lowest BCUT2D eigenvalue weighted by Crippen LogP contribution is -2.23. The molecule has 1 aromatic carbocycles. The van der Waals surface area contributed by atoms with Crippen molar-refractivity contribution in [1.29, 1.82) is 0 Å². The van der Waals surface area contributed by atoms with E-state index in [1.165, 1.54) is 12.8 Å². The fraction of sp³-hybridized carbons (Fsp3) is 0.357. The fourth-order valence-electron chi connectivity index (χ4n) is 2.30. The quantitative estimate of drug-likeness (QED) is 0.877. The summed E-state index contributed by atoms with van der Waals surface area (Å²) in [6.45, 7) is 1.13. The van der Waals surface area contributed by atoms with Crippen LogP contribution in [0.3, 0.4) is 0 Å². The third kappa shape index (κ3) is 2.39. The van der Waals surface area contributed by atoms with Crippen LogP contribution in [0.25, 0.3) is 11.5 Å². The van der Waals surface area contributed by atoms with Gasteiger partial charge in [-0.05, 0) is 31.5 Å². The lowest BCUT2D eigenvalue weighted by molar-refractivity contribution is 0.563. The predicted molar refractivity (Wildman–Crippen MR) is 66.7 cm³/mol. The standard InChI is InChI=1S/C14H16N2O/c1-2-5-11(6-3-1)14-16-13(10-17-14)9-12-7-4-8-15-12/h1-3,5-6,10,12,15H,4,7-9H2. The molecule has 88 valence electrons. The highest BCUT2D eigenvalue weighted by Crippen LogP contribution is 2.19. The molecule has 3 rings (SSSR count). The Hall–Kier alpha value is -1.61. The van der Waals surface area contributed by atoms with E-state index in [0.29, 0.717) is 6.04 Å². The highest BCUT2D eigenvalue weighted by molar-refractivity contribution is 5.52. The zero-order valence-corrected chi connectivity index (χ0v) is 9.73. The summed E-state index contributed by atoms with van der Waals surface area (Å²) in [5.74, 6) is 0.721. The molecule has 1 unspecified atom stereocenters. The summed E-state index contributed by atoms with van der Waals surface area (Å²) in [6.07, 6.45) is 5.26. The van der Waals surface area contributed by atoms with E-state index in [-0.39, 0.29) is 0 Å². The molecule has 1 N–H and O–H groups in total. The molecule has 0 aliphatic carbocycles. The first kappa shape index (κ1) is 10.5. The van der Waals surface area contributed by atoms with Gasteiger partial charge in [-0.25, -0.2) is 4.98 Å². The number of aromatic nitrogens is 1. The first-order valence-electron chi connectivity index (χ1n) is 6.15. The second-order valence-corrected chi connectivity index (χ2v) is 4.51. The minimum Gasteiger partial charge on any atom is -0.444 e. The van der Waals surface area contributed by atoms with Crippen LogP contribution in [0.5, 0.6) is 0 Å². The van der Waals surface area contributed by atoms with Gasteiger partial charge in [0.15, 0.2) is 0 Å². The number of hydrogen-bond acceptors (Lipinski definition) is 3. The van der Waals surface area contributed by atoms with E-state index in [2.05, 4.69) is 10.3 Å². The van der Waals surface area contributed by atoms with E-state index in [9.17, 15) is 0 Å². The molecule has 2 heterocycles. The zero-order chi connectivity index (χ0) is 11.5. The van der Waals surface area contributed by atoms with Crippen molar-refractivity contribution in [3.8, 4) is 11.5 Å². The van der Waals surface area contributed by atoms with Crippen molar-refractivity contribution in [3.63, 3.8) is 0 Å². The summed E-state index contributed by atoms with van der Waals surface area (Å²) in [4.78, 5) is 4.54. The van der Waals surface area contributed by atoms with Crippen LogP contribution >= 0.6 is 0 Å². The molecule has 0 bridgehead atoms. The van der Waals surface area contributed by atoms with Gasteiger partial charge in [-0.2, -0.15) is 0 Å². The number of nitrogens with one attached hydrogen (secondary N) is 1. The lowest BCUT2D eigenvalue weighted by Gasteiger charge is -2.05. The average molecular weight is 228 g/mol. The minimum atomic E-state index is 0.573. The van der Waals surface area contributed by atoms with Crippen molar-refractivity contribution < 1.29 is 4.42 Å². The zero-order valence-electron chi connectivity index (χ0n) is 9.73. The molecule has 2 aromatic rings. The van der Waals surface area contributed by atoms with Gasteiger partial charge in [0.25, 0.3) is 0 Å². The third-order valence-corrected chi connectivity index (χ3v) is 3.19. The lowest BCUT2D eigenvalue weighted by atomic mass is 10.1. The van der Waals surface area contributed by atoms with E-state index >= 15 is 0 Å². The Morgan fingerprint density at radius 2 is 2.18 bits per heavy atom. The summed E-state index contributed by atoms with van der Waals surface area (Å²) in [5.41, 5.74) is 2.08. The molecule has 3 nitrogen and oxygen atoms in total. The van der Waals surface area contributed by atoms with Crippen LogP contribution in [-0.4, -0.2) is 17.6 Å². The van der Waals surface area contributed by atoms with Crippen LogP contribution < -0.4 is 5.32 Å². The smallest absolute Gasteiger partial charge is 0.226 e. The van der Waals surface area contributed by atoms with Crippen molar-refractivity contribution in [2.75, 3.05) is 6.54 Å². The normalized spacial score (nSPS) is 19.6. The van der Waals surface area contributed by atoms with Crippen LogP contribution in [0.1, 0.15) is 18.5 Å². The molecular formula is C14H16N2O. The van der Waals surface area contributed by atoms with Crippen molar-refractivity contribution in [3.05, 3.63) is 42.3 Å². The molecule has 1 saturated heterocycles. The maximum Gasteiger partial charge on any atom is 0.226 e. The van der Waals surface area contributed by atoms with E-state index in [1.807, 2.05) is 30.3 Å². The molecule has 0 radical (unpaired) electrons. The highest BCUT2D eigenvalue weighted by Gasteiger charge is 2.16. The van der Waals surface area contributed by atoms with Crippen molar-refractivity contribution in [2.24, 2.45) is 0 Å². The van der Waals surface area contributed by atoms with E-state index in [1.54, 1.807) is 6.26 Å². The van der Waals surface area contributed by atoms with Gasteiger partial charge >= 0.3 is 0 Å². The van der Waals surface area contributed by atoms with Gasteiger partial charge in [-0.1, -0.05) is 18.2 Å². The van der Waals surface area contributed by atoms with Gasteiger partial charge in [0.1, 0.15) is 6.26 Å². The first-order chi connectivity index (χ1) is 8.42. The van der Waals surface area contributed by atoms with Crippen molar-refractivity contribution >= 4 is 0 Å². The highest BCUT2D eigenvalue weighted by atomic mass is 16.3. The maximum absolute atomic E-state index is 5.52.